The van der Waals surface area contributed by atoms with Gasteiger partial charge in [-0.3, -0.25) is 4.79 Å². The summed E-state index contributed by atoms with van der Waals surface area (Å²) in [5, 5.41) is 9.04. The van der Waals surface area contributed by atoms with Gasteiger partial charge >= 0.3 is 5.97 Å². The molecule has 0 saturated heterocycles. The highest BCUT2D eigenvalue weighted by molar-refractivity contribution is 5.73. The van der Waals surface area contributed by atoms with E-state index < -0.39 is 5.97 Å². The average molecular weight is 290 g/mol. The van der Waals surface area contributed by atoms with Gasteiger partial charge < -0.3 is 9.84 Å². The van der Waals surface area contributed by atoms with Gasteiger partial charge in [0, 0.05) is 0 Å². The molecular weight excluding hydrogens is 264 g/mol. The molecule has 0 heterocycles. The number of benzene rings is 1. The zero-order valence-corrected chi connectivity index (χ0v) is 13.7. The van der Waals surface area contributed by atoms with E-state index in [-0.39, 0.29) is 5.92 Å². The Morgan fingerprint density at radius 1 is 1.38 bits per heavy atom. The minimum Gasteiger partial charge on any atom is -0.494 e. The second-order valence-electron chi connectivity index (χ2n) is 6.37. The summed E-state index contributed by atoms with van der Waals surface area (Å²) in [4.78, 5) is 11.0. The van der Waals surface area contributed by atoms with E-state index in [1.54, 1.807) is 0 Å². The number of rotatable bonds is 6. The Morgan fingerprint density at radius 2 is 2.05 bits per heavy atom. The normalized spacial score (nSPS) is 22.0. The fourth-order valence-corrected chi connectivity index (χ4v) is 3.51. The summed E-state index contributed by atoms with van der Waals surface area (Å²) in [6.07, 6.45) is 1.81. The maximum atomic E-state index is 11.0. The predicted octanol–water partition coefficient (Wildman–Crippen LogP) is 4.22. The number of hydrogen-bond acceptors (Lipinski definition) is 2. The number of ether oxygens (including phenoxy) is 1. The SMILES string of the molecule is CCOc1cc(C)c(C(C)CC2CC2C(=O)O)c(C)c1C. The number of hydrogen-bond donors (Lipinski definition) is 1. The predicted molar refractivity (Wildman–Crippen MR) is 84.1 cm³/mol. The summed E-state index contributed by atoms with van der Waals surface area (Å²) in [7, 11) is 0. The zero-order valence-electron chi connectivity index (χ0n) is 13.7. The van der Waals surface area contributed by atoms with Crippen LogP contribution in [0.3, 0.4) is 0 Å². The average Bonchev–Trinajstić information content (AvgIpc) is 3.15. The van der Waals surface area contributed by atoms with Crippen molar-refractivity contribution >= 4 is 5.97 Å². The second kappa shape index (κ2) is 6.08. The van der Waals surface area contributed by atoms with Gasteiger partial charge in [-0.2, -0.15) is 0 Å². The molecule has 0 aliphatic heterocycles. The molecule has 21 heavy (non-hydrogen) atoms. The van der Waals surface area contributed by atoms with Crippen molar-refractivity contribution in [1.82, 2.24) is 0 Å². The van der Waals surface area contributed by atoms with Gasteiger partial charge in [0.05, 0.1) is 12.5 Å². The van der Waals surface area contributed by atoms with Crippen molar-refractivity contribution in [3.8, 4) is 5.75 Å². The van der Waals surface area contributed by atoms with Crippen LogP contribution >= 0.6 is 0 Å². The van der Waals surface area contributed by atoms with Gasteiger partial charge in [-0.25, -0.2) is 0 Å². The van der Waals surface area contributed by atoms with Crippen molar-refractivity contribution in [2.45, 2.75) is 53.4 Å². The van der Waals surface area contributed by atoms with Gasteiger partial charge in [0.25, 0.3) is 0 Å². The molecule has 0 aromatic heterocycles. The Balaban J connectivity index is 2.19. The van der Waals surface area contributed by atoms with Crippen molar-refractivity contribution in [1.29, 1.82) is 0 Å². The molecule has 1 N–H and O–H groups in total. The Bertz CT molecular complexity index is 548. The van der Waals surface area contributed by atoms with Crippen LogP contribution in [-0.2, 0) is 4.79 Å². The molecule has 1 aromatic carbocycles. The molecule has 1 fully saturated rings. The highest BCUT2D eigenvalue weighted by Gasteiger charge is 2.43. The Hall–Kier alpha value is -1.51. The van der Waals surface area contributed by atoms with Crippen molar-refractivity contribution in [3.05, 3.63) is 28.3 Å². The van der Waals surface area contributed by atoms with Gasteiger partial charge in [-0.15, -0.1) is 0 Å². The zero-order chi connectivity index (χ0) is 15.7. The summed E-state index contributed by atoms with van der Waals surface area (Å²) in [5.41, 5.74) is 5.11. The van der Waals surface area contributed by atoms with Crippen LogP contribution in [0.15, 0.2) is 6.07 Å². The number of carbonyl (C=O) groups is 1. The van der Waals surface area contributed by atoms with Gasteiger partial charge in [0.2, 0.25) is 0 Å². The van der Waals surface area contributed by atoms with E-state index in [4.69, 9.17) is 9.84 Å². The Morgan fingerprint density at radius 3 is 2.57 bits per heavy atom. The molecule has 3 nitrogen and oxygen atoms in total. The lowest BCUT2D eigenvalue weighted by Crippen LogP contribution is -2.07. The molecule has 1 aliphatic rings. The summed E-state index contributed by atoms with van der Waals surface area (Å²) < 4.78 is 5.70. The first-order valence-corrected chi connectivity index (χ1v) is 7.83. The maximum absolute atomic E-state index is 11.0. The standard InChI is InChI=1S/C18H26O3/c1-6-21-16-8-11(3)17(13(5)12(16)4)10(2)7-14-9-15(14)18(19)20/h8,10,14-15H,6-7,9H2,1-5H3,(H,19,20). The highest BCUT2D eigenvalue weighted by Crippen LogP contribution is 2.46. The smallest absolute Gasteiger partial charge is 0.306 e. The number of carboxylic acids is 1. The number of aryl methyl sites for hydroxylation is 1. The minimum absolute atomic E-state index is 0.114. The topological polar surface area (TPSA) is 46.5 Å². The molecule has 3 unspecified atom stereocenters. The first kappa shape index (κ1) is 15.9. The minimum atomic E-state index is -0.636. The van der Waals surface area contributed by atoms with Crippen LogP contribution in [0.1, 0.15) is 54.9 Å². The van der Waals surface area contributed by atoms with E-state index in [1.165, 1.54) is 22.3 Å². The fraction of sp³-hybridized carbons (Fsp3) is 0.611. The number of carboxylic acid groups (broad SMARTS) is 1. The lowest BCUT2D eigenvalue weighted by Gasteiger charge is -2.21. The van der Waals surface area contributed by atoms with E-state index in [0.29, 0.717) is 18.4 Å². The molecule has 2 rings (SSSR count). The second-order valence-corrected chi connectivity index (χ2v) is 6.37. The molecule has 1 saturated carbocycles. The third-order valence-electron chi connectivity index (χ3n) is 4.80. The van der Waals surface area contributed by atoms with E-state index in [9.17, 15) is 4.79 Å². The van der Waals surface area contributed by atoms with Crippen LogP contribution in [-0.4, -0.2) is 17.7 Å². The molecule has 1 aromatic rings. The van der Waals surface area contributed by atoms with Crippen LogP contribution in [0.25, 0.3) is 0 Å². The summed E-state index contributed by atoms with van der Waals surface area (Å²) in [6, 6.07) is 2.12. The van der Waals surface area contributed by atoms with Crippen LogP contribution < -0.4 is 4.74 Å². The molecule has 0 spiro atoms. The van der Waals surface area contributed by atoms with Crippen molar-refractivity contribution in [2.75, 3.05) is 6.61 Å². The maximum Gasteiger partial charge on any atom is 0.306 e. The van der Waals surface area contributed by atoms with Gasteiger partial charge in [-0.1, -0.05) is 6.92 Å². The van der Waals surface area contributed by atoms with Crippen LogP contribution in [0, 0.1) is 32.6 Å². The third-order valence-corrected chi connectivity index (χ3v) is 4.80. The molecule has 0 radical (unpaired) electrons. The molecule has 1 aliphatic carbocycles. The molecule has 116 valence electrons. The summed E-state index contributed by atoms with van der Waals surface area (Å²) in [5.74, 6) is 0.968. The van der Waals surface area contributed by atoms with Crippen molar-refractivity contribution < 1.29 is 14.6 Å². The monoisotopic (exact) mass is 290 g/mol. The van der Waals surface area contributed by atoms with Crippen molar-refractivity contribution in [2.24, 2.45) is 11.8 Å². The summed E-state index contributed by atoms with van der Waals surface area (Å²) >= 11 is 0. The van der Waals surface area contributed by atoms with E-state index in [0.717, 1.165) is 18.6 Å². The van der Waals surface area contributed by atoms with E-state index >= 15 is 0 Å². The fourth-order valence-electron chi connectivity index (χ4n) is 3.51. The molecule has 0 bridgehead atoms. The van der Waals surface area contributed by atoms with E-state index in [1.807, 2.05) is 6.92 Å². The first-order chi connectivity index (χ1) is 9.86. The van der Waals surface area contributed by atoms with E-state index in [2.05, 4.69) is 33.8 Å². The quantitative estimate of drug-likeness (QED) is 0.853. The van der Waals surface area contributed by atoms with Crippen LogP contribution in [0.2, 0.25) is 0 Å². The Kier molecular flexibility index (Phi) is 4.60. The van der Waals surface area contributed by atoms with Crippen LogP contribution in [0.4, 0.5) is 0 Å². The van der Waals surface area contributed by atoms with Gasteiger partial charge in [-0.05, 0) is 80.7 Å². The summed E-state index contributed by atoms with van der Waals surface area (Å²) in [6.45, 7) is 11.3. The molecular formula is C18H26O3. The first-order valence-electron chi connectivity index (χ1n) is 7.83. The van der Waals surface area contributed by atoms with Gasteiger partial charge in [0.1, 0.15) is 5.75 Å². The van der Waals surface area contributed by atoms with Crippen molar-refractivity contribution in [3.63, 3.8) is 0 Å². The van der Waals surface area contributed by atoms with Crippen LogP contribution in [0.5, 0.6) is 5.75 Å². The molecule has 0 amide bonds. The number of aliphatic carboxylic acids is 1. The molecule has 3 atom stereocenters. The lowest BCUT2D eigenvalue weighted by atomic mass is 9.86. The third kappa shape index (κ3) is 3.22. The van der Waals surface area contributed by atoms with Gasteiger partial charge in [0.15, 0.2) is 0 Å². The largest absolute Gasteiger partial charge is 0.494 e. The molecule has 3 heteroatoms. The Labute approximate surface area is 127 Å². The highest BCUT2D eigenvalue weighted by atomic mass is 16.5. The lowest BCUT2D eigenvalue weighted by molar-refractivity contribution is -0.138.